The average molecular weight is 690 g/mol. The summed E-state index contributed by atoms with van der Waals surface area (Å²) in [5, 5.41) is 0. The molecule has 0 amide bonds. The summed E-state index contributed by atoms with van der Waals surface area (Å²) in [5.74, 6) is 3.62. The normalized spacial score (nSPS) is 12.5. The maximum atomic E-state index is 6.79. The predicted octanol–water partition coefficient (Wildman–Crippen LogP) is 8.55. The van der Waals surface area contributed by atoms with Crippen molar-refractivity contribution in [2.75, 3.05) is 0 Å². The highest BCUT2D eigenvalue weighted by Crippen LogP contribution is 2.34. The SMILES string of the molecule is Cc1ccccc1-c1ccccc1B1c2ccccc2Oc2cc(-c3cc(C)c(B4c5ccccc5Oc5ccccc54)c(-c4ccccc4)c3)ccc21. The molecule has 2 aliphatic heterocycles. The van der Waals surface area contributed by atoms with E-state index in [0.29, 0.717) is 0 Å². The van der Waals surface area contributed by atoms with E-state index in [2.05, 4.69) is 196 Å². The minimum Gasteiger partial charge on any atom is -0.458 e. The van der Waals surface area contributed by atoms with Crippen LogP contribution in [-0.2, 0) is 0 Å². The van der Waals surface area contributed by atoms with Crippen LogP contribution >= 0.6 is 0 Å². The first-order valence-corrected chi connectivity index (χ1v) is 18.7. The average Bonchev–Trinajstić information content (AvgIpc) is 3.22. The Morgan fingerprint density at radius 3 is 1.50 bits per heavy atom. The lowest BCUT2D eigenvalue weighted by Crippen LogP contribution is -2.56. The van der Waals surface area contributed by atoms with Crippen LogP contribution in [0.4, 0.5) is 0 Å². The van der Waals surface area contributed by atoms with Gasteiger partial charge in [-0.3, -0.25) is 0 Å². The molecule has 0 radical (unpaired) electrons. The van der Waals surface area contributed by atoms with Gasteiger partial charge in [0.25, 0.3) is 13.4 Å². The second-order valence-electron chi connectivity index (χ2n) is 14.5. The van der Waals surface area contributed by atoms with Gasteiger partial charge in [-0.05, 0) is 105 Å². The van der Waals surface area contributed by atoms with Gasteiger partial charge in [0.1, 0.15) is 23.0 Å². The third-order valence-corrected chi connectivity index (χ3v) is 11.3. The van der Waals surface area contributed by atoms with Gasteiger partial charge in [-0.25, -0.2) is 0 Å². The highest BCUT2D eigenvalue weighted by molar-refractivity contribution is 6.98. The van der Waals surface area contributed by atoms with Gasteiger partial charge in [-0.1, -0.05) is 168 Å². The van der Waals surface area contributed by atoms with Crippen molar-refractivity contribution in [1.82, 2.24) is 0 Å². The molecule has 4 heteroatoms. The number of benzene rings is 8. The van der Waals surface area contributed by atoms with E-state index in [9.17, 15) is 0 Å². The summed E-state index contributed by atoms with van der Waals surface area (Å²) in [6, 6.07) is 65.3. The Balaban J connectivity index is 1.14. The van der Waals surface area contributed by atoms with Gasteiger partial charge >= 0.3 is 0 Å². The molecular formula is C50H36B2O2. The molecule has 0 atom stereocenters. The van der Waals surface area contributed by atoms with Crippen LogP contribution in [-0.4, -0.2) is 13.4 Å². The summed E-state index contributed by atoms with van der Waals surface area (Å²) >= 11 is 0. The molecule has 0 N–H and O–H groups in total. The zero-order chi connectivity index (χ0) is 36.2. The Bertz CT molecular complexity index is 2670. The van der Waals surface area contributed by atoms with Crippen LogP contribution in [0.2, 0.25) is 0 Å². The maximum absolute atomic E-state index is 6.79. The van der Waals surface area contributed by atoms with E-state index >= 15 is 0 Å². The van der Waals surface area contributed by atoms with Gasteiger partial charge in [0.15, 0.2) is 0 Å². The van der Waals surface area contributed by atoms with E-state index in [1.165, 1.54) is 66.2 Å². The number of rotatable bonds is 5. The molecule has 0 bridgehead atoms. The van der Waals surface area contributed by atoms with Gasteiger partial charge in [0.2, 0.25) is 0 Å². The van der Waals surface area contributed by atoms with Crippen molar-refractivity contribution in [3.8, 4) is 56.4 Å². The molecule has 0 fully saturated rings. The second kappa shape index (κ2) is 13.2. The third-order valence-electron chi connectivity index (χ3n) is 11.3. The van der Waals surface area contributed by atoms with Crippen LogP contribution in [0.3, 0.4) is 0 Å². The van der Waals surface area contributed by atoms with Crippen LogP contribution in [0.5, 0.6) is 23.0 Å². The molecule has 254 valence electrons. The molecule has 8 aromatic rings. The zero-order valence-electron chi connectivity index (χ0n) is 30.3. The highest BCUT2D eigenvalue weighted by atomic mass is 16.5. The summed E-state index contributed by atoms with van der Waals surface area (Å²) < 4.78 is 13.2. The monoisotopic (exact) mass is 690 g/mol. The summed E-state index contributed by atoms with van der Waals surface area (Å²) in [5.41, 5.74) is 17.0. The van der Waals surface area contributed by atoms with Crippen molar-refractivity contribution < 1.29 is 9.47 Å². The maximum Gasteiger partial charge on any atom is 0.252 e. The summed E-state index contributed by atoms with van der Waals surface area (Å²) in [4.78, 5) is 0. The first kappa shape index (κ1) is 32.2. The fraction of sp³-hybridized carbons (Fsp3) is 0.0400. The summed E-state index contributed by atoms with van der Waals surface area (Å²) in [7, 11) is 0. The lowest BCUT2D eigenvalue weighted by atomic mass is 9.34. The fourth-order valence-corrected chi connectivity index (χ4v) is 8.77. The molecule has 54 heavy (non-hydrogen) atoms. The molecule has 2 heterocycles. The van der Waals surface area contributed by atoms with Crippen LogP contribution in [0.1, 0.15) is 11.1 Å². The Labute approximate surface area is 317 Å². The fourth-order valence-electron chi connectivity index (χ4n) is 8.77. The molecule has 0 aliphatic carbocycles. The molecule has 0 unspecified atom stereocenters. The van der Waals surface area contributed by atoms with Crippen LogP contribution in [0, 0.1) is 13.8 Å². The standard InChI is InChI=1S/C50H36B2O2/c1-33-16-6-7-19-38(33)39-20-8-9-21-41(39)51-42-22-10-13-25-46(42)54-49-32-36(28-29-45(49)51)37-30-34(2)50(40(31-37)35-17-4-3-5-18-35)52-43-23-11-14-26-47(43)53-48-27-15-12-24-44(48)52/h3-32H,1-2H3. The zero-order valence-corrected chi connectivity index (χ0v) is 30.3. The lowest BCUT2D eigenvalue weighted by molar-refractivity contribution is 0.487. The van der Waals surface area contributed by atoms with Gasteiger partial charge in [0.05, 0.1) is 0 Å². The highest BCUT2D eigenvalue weighted by Gasteiger charge is 2.36. The first-order valence-electron chi connectivity index (χ1n) is 18.7. The van der Waals surface area contributed by atoms with Crippen molar-refractivity contribution in [3.05, 3.63) is 193 Å². The number of ether oxygens (including phenoxy) is 2. The Morgan fingerprint density at radius 1 is 0.315 bits per heavy atom. The van der Waals surface area contributed by atoms with Crippen LogP contribution in [0.15, 0.2) is 182 Å². The molecule has 10 rings (SSSR count). The summed E-state index contributed by atoms with van der Waals surface area (Å²) in [6.07, 6.45) is 0. The molecular weight excluding hydrogens is 654 g/mol. The van der Waals surface area contributed by atoms with E-state index in [-0.39, 0.29) is 13.4 Å². The van der Waals surface area contributed by atoms with Crippen LogP contribution in [0.25, 0.3) is 33.4 Å². The smallest absolute Gasteiger partial charge is 0.252 e. The van der Waals surface area contributed by atoms with E-state index in [4.69, 9.17) is 9.47 Å². The largest absolute Gasteiger partial charge is 0.458 e. The molecule has 0 saturated carbocycles. The van der Waals surface area contributed by atoms with E-state index in [0.717, 1.165) is 34.1 Å². The molecule has 0 saturated heterocycles. The first-order chi connectivity index (χ1) is 26.6. The molecule has 0 aromatic heterocycles. The van der Waals surface area contributed by atoms with Crippen molar-refractivity contribution in [3.63, 3.8) is 0 Å². The Morgan fingerprint density at radius 2 is 0.833 bits per heavy atom. The van der Waals surface area contributed by atoms with Gasteiger partial charge in [-0.2, -0.15) is 0 Å². The third kappa shape index (κ3) is 5.37. The second-order valence-corrected chi connectivity index (χ2v) is 14.5. The van der Waals surface area contributed by atoms with Gasteiger partial charge < -0.3 is 9.47 Å². The number of aryl methyl sites for hydroxylation is 2. The van der Waals surface area contributed by atoms with Crippen molar-refractivity contribution in [2.24, 2.45) is 0 Å². The summed E-state index contributed by atoms with van der Waals surface area (Å²) in [6.45, 7) is 4.50. The lowest BCUT2D eigenvalue weighted by Gasteiger charge is -2.30. The molecule has 2 nitrogen and oxygen atoms in total. The van der Waals surface area contributed by atoms with Gasteiger partial charge in [-0.15, -0.1) is 0 Å². The number of fused-ring (bicyclic) bond motifs is 4. The van der Waals surface area contributed by atoms with E-state index in [1.54, 1.807) is 0 Å². The Kier molecular flexibility index (Phi) is 7.84. The minimum absolute atomic E-state index is 0.0208. The number of hydrogen-bond donors (Lipinski definition) is 0. The molecule has 8 aromatic carbocycles. The predicted molar refractivity (Wildman–Crippen MR) is 227 cm³/mol. The molecule has 0 spiro atoms. The number of para-hydroxylation sites is 3. The van der Waals surface area contributed by atoms with Crippen molar-refractivity contribution in [2.45, 2.75) is 13.8 Å². The van der Waals surface area contributed by atoms with Crippen LogP contribution < -0.4 is 42.3 Å². The quantitative estimate of drug-likeness (QED) is 0.169. The Hall–Kier alpha value is -6.51. The van der Waals surface area contributed by atoms with E-state index in [1.807, 2.05) is 0 Å². The van der Waals surface area contributed by atoms with Crippen molar-refractivity contribution >= 4 is 46.2 Å². The topological polar surface area (TPSA) is 18.5 Å². The molecule has 2 aliphatic rings. The van der Waals surface area contributed by atoms with Gasteiger partial charge in [0, 0.05) is 0 Å². The van der Waals surface area contributed by atoms with Crippen molar-refractivity contribution in [1.29, 1.82) is 0 Å². The minimum atomic E-state index is 0.0208. The number of hydrogen-bond acceptors (Lipinski definition) is 2. The van der Waals surface area contributed by atoms with E-state index < -0.39 is 0 Å².